The largest absolute Gasteiger partial charge is 0.488 e. The number of carbonyl (C=O) groups is 1. The van der Waals surface area contributed by atoms with Crippen LogP contribution in [0.2, 0.25) is 0 Å². The maximum Gasteiger partial charge on any atom is 0.222 e. The summed E-state index contributed by atoms with van der Waals surface area (Å²) in [7, 11) is 3.66. The van der Waals surface area contributed by atoms with Crippen molar-refractivity contribution in [2.75, 3.05) is 7.05 Å². The van der Waals surface area contributed by atoms with Gasteiger partial charge in [-0.3, -0.25) is 9.48 Å². The molecule has 0 radical (unpaired) electrons. The molecule has 6 heteroatoms. The van der Waals surface area contributed by atoms with Crippen LogP contribution in [0.1, 0.15) is 30.5 Å². The summed E-state index contributed by atoms with van der Waals surface area (Å²) in [6, 6.07) is 9.30. The smallest absolute Gasteiger partial charge is 0.222 e. The molecule has 0 saturated heterocycles. The number of benzene rings is 1. The lowest BCUT2D eigenvalue weighted by molar-refractivity contribution is -0.134. The van der Waals surface area contributed by atoms with Crippen LogP contribution in [0.5, 0.6) is 5.75 Å². The van der Waals surface area contributed by atoms with E-state index in [9.17, 15) is 9.90 Å². The van der Waals surface area contributed by atoms with E-state index < -0.39 is 6.10 Å². The standard InChI is InChI=1S/C20H27N3O3/c1-14-15(13-22(2)21-14)9-12-19(24)23(3)17-10-11-18(20(17)25)26-16-7-5-4-6-8-16/h4-8,13,17-18,20,25H,9-12H2,1-3H3/t17-,18-,20-/m1/s1. The lowest BCUT2D eigenvalue weighted by Crippen LogP contribution is -2.45. The van der Waals surface area contributed by atoms with Crippen molar-refractivity contribution in [2.24, 2.45) is 7.05 Å². The van der Waals surface area contributed by atoms with Gasteiger partial charge in [-0.15, -0.1) is 0 Å². The van der Waals surface area contributed by atoms with E-state index in [4.69, 9.17) is 4.74 Å². The van der Waals surface area contributed by atoms with Gasteiger partial charge in [-0.2, -0.15) is 5.10 Å². The van der Waals surface area contributed by atoms with Crippen LogP contribution in [0.3, 0.4) is 0 Å². The summed E-state index contributed by atoms with van der Waals surface area (Å²) in [6.45, 7) is 1.95. The van der Waals surface area contributed by atoms with Crippen molar-refractivity contribution in [3.8, 4) is 5.75 Å². The number of nitrogens with zero attached hydrogens (tertiary/aromatic N) is 3. The highest BCUT2D eigenvalue weighted by atomic mass is 16.5. The first-order valence-electron chi connectivity index (χ1n) is 9.10. The summed E-state index contributed by atoms with van der Waals surface area (Å²) in [5.41, 5.74) is 2.05. The first kappa shape index (κ1) is 18.5. The van der Waals surface area contributed by atoms with Gasteiger partial charge in [0.15, 0.2) is 0 Å². The highest BCUT2D eigenvalue weighted by Crippen LogP contribution is 2.28. The summed E-state index contributed by atoms with van der Waals surface area (Å²) in [5.74, 6) is 0.788. The number of rotatable bonds is 6. The van der Waals surface area contributed by atoms with E-state index in [1.165, 1.54) is 0 Å². The minimum Gasteiger partial charge on any atom is -0.488 e. The van der Waals surface area contributed by atoms with Crippen LogP contribution in [0.15, 0.2) is 36.5 Å². The second-order valence-electron chi connectivity index (χ2n) is 7.02. The molecule has 0 unspecified atom stereocenters. The van der Waals surface area contributed by atoms with E-state index in [-0.39, 0.29) is 18.1 Å². The normalized spacial score (nSPS) is 22.4. The van der Waals surface area contributed by atoms with Gasteiger partial charge in [0.25, 0.3) is 0 Å². The summed E-state index contributed by atoms with van der Waals surface area (Å²) >= 11 is 0. The number of aryl methyl sites for hydroxylation is 3. The zero-order valence-corrected chi connectivity index (χ0v) is 15.6. The first-order chi connectivity index (χ1) is 12.5. The monoisotopic (exact) mass is 357 g/mol. The molecule has 1 saturated carbocycles. The van der Waals surface area contributed by atoms with Gasteiger partial charge in [0, 0.05) is 26.7 Å². The summed E-state index contributed by atoms with van der Waals surface area (Å²) in [6.07, 6.45) is 3.55. The Morgan fingerprint density at radius 1 is 1.35 bits per heavy atom. The third kappa shape index (κ3) is 4.07. The Hall–Kier alpha value is -2.34. The Kier molecular flexibility index (Phi) is 5.61. The first-order valence-corrected chi connectivity index (χ1v) is 9.10. The molecular formula is C20H27N3O3. The van der Waals surface area contributed by atoms with Crippen LogP contribution < -0.4 is 4.74 Å². The molecule has 3 atom stereocenters. The second-order valence-corrected chi connectivity index (χ2v) is 7.02. The van der Waals surface area contributed by atoms with E-state index >= 15 is 0 Å². The molecule has 1 aromatic heterocycles. The van der Waals surface area contributed by atoms with E-state index in [1.807, 2.05) is 50.5 Å². The number of amides is 1. The lowest BCUT2D eigenvalue weighted by Gasteiger charge is -2.29. The Morgan fingerprint density at radius 3 is 2.73 bits per heavy atom. The molecule has 3 rings (SSSR count). The number of likely N-dealkylation sites (N-methyl/N-ethyl adjacent to an activating group) is 1. The van der Waals surface area contributed by atoms with E-state index in [0.717, 1.165) is 29.8 Å². The molecule has 140 valence electrons. The highest BCUT2D eigenvalue weighted by Gasteiger charge is 2.40. The molecule has 0 spiro atoms. The second kappa shape index (κ2) is 7.91. The van der Waals surface area contributed by atoms with Gasteiger partial charge in [0.1, 0.15) is 18.0 Å². The van der Waals surface area contributed by atoms with Crippen molar-refractivity contribution in [3.63, 3.8) is 0 Å². The molecule has 1 aromatic carbocycles. The average Bonchev–Trinajstić information content (AvgIpc) is 3.15. The van der Waals surface area contributed by atoms with Crippen LogP contribution in [-0.4, -0.2) is 51.0 Å². The van der Waals surface area contributed by atoms with Gasteiger partial charge in [-0.05, 0) is 43.9 Å². The maximum atomic E-state index is 12.6. The zero-order valence-electron chi connectivity index (χ0n) is 15.6. The number of aromatic nitrogens is 2. The number of aliphatic hydroxyl groups is 1. The molecule has 1 heterocycles. The molecule has 0 aliphatic heterocycles. The van der Waals surface area contributed by atoms with Gasteiger partial charge in [-0.1, -0.05) is 18.2 Å². The number of aliphatic hydroxyl groups excluding tert-OH is 1. The topological polar surface area (TPSA) is 67.6 Å². The maximum absolute atomic E-state index is 12.6. The van der Waals surface area contributed by atoms with Gasteiger partial charge < -0.3 is 14.7 Å². The van der Waals surface area contributed by atoms with Crippen molar-refractivity contribution in [3.05, 3.63) is 47.8 Å². The summed E-state index contributed by atoms with van der Waals surface area (Å²) in [5, 5.41) is 14.9. The molecule has 1 fully saturated rings. The quantitative estimate of drug-likeness (QED) is 0.860. The van der Waals surface area contributed by atoms with Crippen molar-refractivity contribution in [1.29, 1.82) is 0 Å². The fourth-order valence-corrected chi connectivity index (χ4v) is 3.65. The van der Waals surface area contributed by atoms with Gasteiger partial charge in [-0.25, -0.2) is 0 Å². The fourth-order valence-electron chi connectivity index (χ4n) is 3.65. The van der Waals surface area contributed by atoms with E-state index in [1.54, 1.807) is 16.6 Å². The Morgan fingerprint density at radius 2 is 2.08 bits per heavy atom. The predicted octanol–water partition coefficient (Wildman–Crippen LogP) is 2.09. The minimum atomic E-state index is -0.677. The Bertz CT molecular complexity index is 744. The summed E-state index contributed by atoms with van der Waals surface area (Å²) < 4.78 is 7.67. The summed E-state index contributed by atoms with van der Waals surface area (Å²) in [4.78, 5) is 14.3. The Balaban J connectivity index is 1.54. The van der Waals surface area contributed by atoms with Crippen LogP contribution in [0, 0.1) is 6.92 Å². The molecule has 1 aliphatic carbocycles. The number of hydrogen-bond acceptors (Lipinski definition) is 4. The molecule has 0 bridgehead atoms. The van der Waals surface area contributed by atoms with Crippen LogP contribution in [0.25, 0.3) is 0 Å². The molecule has 1 aliphatic rings. The molecule has 1 amide bonds. The van der Waals surface area contributed by atoms with Crippen LogP contribution in [0.4, 0.5) is 0 Å². The van der Waals surface area contributed by atoms with Crippen molar-refractivity contribution < 1.29 is 14.6 Å². The van der Waals surface area contributed by atoms with E-state index in [2.05, 4.69) is 5.10 Å². The molecular weight excluding hydrogens is 330 g/mol. The highest BCUT2D eigenvalue weighted by molar-refractivity contribution is 5.76. The Labute approximate surface area is 154 Å². The average molecular weight is 357 g/mol. The van der Waals surface area contributed by atoms with Gasteiger partial charge in [0.2, 0.25) is 5.91 Å². The zero-order chi connectivity index (χ0) is 18.7. The number of ether oxygens (including phenoxy) is 1. The van der Waals surface area contributed by atoms with Crippen LogP contribution in [-0.2, 0) is 18.3 Å². The molecule has 6 nitrogen and oxygen atoms in total. The minimum absolute atomic E-state index is 0.0395. The lowest BCUT2D eigenvalue weighted by atomic mass is 10.1. The van der Waals surface area contributed by atoms with Gasteiger partial charge in [0.05, 0.1) is 11.7 Å². The molecule has 1 N–H and O–H groups in total. The van der Waals surface area contributed by atoms with Gasteiger partial charge >= 0.3 is 0 Å². The van der Waals surface area contributed by atoms with Crippen LogP contribution >= 0.6 is 0 Å². The predicted molar refractivity (Wildman–Crippen MR) is 98.9 cm³/mol. The number of para-hydroxylation sites is 1. The molecule has 2 aromatic rings. The molecule has 26 heavy (non-hydrogen) atoms. The van der Waals surface area contributed by atoms with Crippen molar-refractivity contribution in [2.45, 2.75) is 50.9 Å². The number of carbonyl (C=O) groups excluding carboxylic acids is 1. The third-order valence-corrected chi connectivity index (χ3v) is 5.17. The fraction of sp³-hybridized carbons (Fsp3) is 0.500. The van der Waals surface area contributed by atoms with Crippen molar-refractivity contribution in [1.82, 2.24) is 14.7 Å². The number of hydrogen-bond donors (Lipinski definition) is 1. The SMILES string of the molecule is Cc1nn(C)cc1CCC(=O)N(C)[C@@H]1CC[C@@H](Oc2ccccc2)[C@@H]1O. The van der Waals surface area contributed by atoms with Crippen molar-refractivity contribution >= 4 is 5.91 Å². The van der Waals surface area contributed by atoms with E-state index in [0.29, 0.717) is 12.8 Å². The third-order valence-electron chi connectivity index (χ3n) is 5.17.